The number of esters is 1. The van der Waals surface area contributed by atoms with Gasteiger partial charge >= 0.3 is 5.97 Å². The molecule has 0 bridgehead atoms. The second-order valence-electron chi connectivity index (χ2n) is 5.11. The third kappa shape index (κ3) is 4.77. The molecule has 2 aromatic carbocycles. The molecule has 0 aliphatic heterocycles. The number of nitrogens with zero attached hydrogens (tertiary/aromatic N) is 2. The van der Waals surface area contributed by atoms with Crippen LogP contribution in [-0.4, -0.2) is 25.0 Å². The topological polar surface area (TPSA) is 70.4 Å². The molecule has 1 amide bonds. The maximum atomic E-state index is 13.3. The van der Waals surface area contributed by atoms with E-state index in [1.54, 1.807) is 30.3 Å². The molecular weight excluding hydrogens is 366 g/mol. The number of benzene rings is 2. The van der Waals surface area contributed by atoms with Crippen LogP contribution in [0.5, 0.6) is 0 Å². The van der Waals surface area contributed by atoms with Crippen LogP contribution in [0, 0.1) is 23.0 Å². The Bertz CT molecular complexity index is 854. The van der Waals surface area contributed by atoms with Crippen LogP contribution in [0.15, 0.2) is 42.5 Å². The molecule has 0 aliphatic rings. The molecule has 0 unspecified atom stereocenters. The van der Waals surface area contributed by atoms with Crippen molar-refractivity contribution in [2.45, 2.75) is 6.42 Å². The number of amides is 1. The van der Waals surface area contributed by atoms with Gasteiger partial charge in [-0.15, -0.1) is 0 Å². The molecule has 0 atom stereocenters. The number of para-hydroxylation sites is 1. The van der Waals surface area contributed by atoms with Crippen molar-refractivity contribution in [1.82, 2.24) is 0 Å². The number of hydrogen-bond acceptors (Lipinski definition) is 4. The Balaban J connectivity index is 2.09. The highest BCUT2D eigenvalue weighted by Gasteiger charge is 2.20. The Hall–Kier alpha value is -2.98. The van der Waals surface area contributed by atoms with Crippen LogP contribution in [0.4, 0.5) is 14.5 Å². The molecule has 26 heavy (non-hydrogen) atoms. The first-order valence-electron chi connectivity index (χ1n) is 7.48. The molecule has 0 heterocycles. The minimum Gasteiger partial charge on any atom is -0.452 e. The van der Waals surface area contributed by atoms with Crippen molar-refractivity contribution < 1.29 is 23.1 Å². The third-order valence-electron chi connectivity index (χ3n) is 3.37. The summed E-state index contributed by atoms with van der Waals surface area (Å²) in [6, 6.07) is 11.7. The van der Waals surface area contributed by atoms with Gasteiger partial charge in [0.1, 0.15) is 0 Å². The van der Waals surface area contributed by atoms with Crippen LogP contribution in [-0.2, 0) is 9.53 Å². The fraction of sp³-hybridized carbons (Fsp3) is 0.167. The lowest BCUT2D eigenvalue weighted by Gasteiger charge is -2.21. The second kappa shape index (κ2) is 8.92. The summed E-state index contributed by atoms with van der Waals surface area (Å²) < 4.78 is 31.2. The van der Waals surface area contributed by atoms with Gasteiger partial charge in [0.2, 0.25) is 0 Å². The zero-order valence-corrected chi connectivity index (χ0v) is 14.2. The van der Waals surface area contributed by atoms with E-state index in [1.165, 1.54) is 4.90 Å². The number of anilines is 1. The van der Waals surface area contributed by atoms with Crippen molar-refractivity contribution >= 4 is 29.2 Å². The van der Waals surface area contributed by atoms with Crippen molar-refractivity contribution in [3.8, 4) is 6.07 Å². The number of nitriles is 1. The number of hydrogen-bond donors (Lipinski definition) is 0. The number of halogens is 3. The molecule has 0 radical (unpaired) electrons. The van der Waals surface area contributed by atoms with E-state index >= 15 is 0 Å². The molecule has 5 nitrogen and oxygen atoms in total. The molecular formula is C18H13ClF2N2O3. The molecule has 8 heteroatoms. The monoisotopic (exact) mass is 378 g/mol. The molecule has 0 N–H and O–H groups in total. The summed E-state index contributed by atoms with van der Waals surface area (Å²) in [6.45, 7) is -0.530. The summed E-state index contributed by atoms with van der Waals surface area (Å²) in [5.74, 6) is -4.09. The molecule has 0 aliphatic carbocycles. The third-order valence-corrected chi connectivity index (χ3v) is 3.69. The van der Waals surface area contributed by atoms with Gasteiger partial charge < -0.3 is 9.64 Å². The van der Waals surface area contributed by atoms with Crippen LogP contribution in [0.1, 0.15) is 16.8 Å². The van der Waals surface area contributed by atoms with Crippen molar-refractivity contribution in [3.05, 3.63) is 64.7 Å². The largest absolute Gasteiger partial charge is 0.452 e. The second-order valence-corrected chi connectivity index (χ2v) is 5.52. The maximum Gasteiger partial charge on any atom is 0.340 e. The maximum absolute atomic E-state index is 13.3. The zero-order chi connectivity index (χ0) is 19.1. The summed E-state index contributed by atoms with van der Waals surface area (Å²) in [5, 5.41) is 8.41. The van der Waals surface area contributed by atoms with Crippen LogP contribution in [0.3, 0.4) is 0 Å². The summed E-state index contributed by atoms with van der Waals surface area (Å²) >= 11 is 5.70. The fourth-order valence-electron chi connectivity index (χ4n) is 2.13. The van der Waals surface area contributed by atoms with Crippen molar-refractivity contribution in [1.29, 1.82) is 5.26 Å². The zero-order valence-electron chi connectivity index (χ0n) is 13.4. The number of carbonyl (C=O) groups is 2. The highest BCUT2D eigenvalue weighted by Crippen LogP contribution is 2.21. The molecule has 2 rings (SSSR count). The Morgan fingerprint density at radius 2 is 1.81 bits per heavy atom. The molecule has 0 fully saturated rings. The first-order valence-corrected chi connectivity index (χ1v) is 7.86. The van der Waals surface area contributed by atoms with E-state index in [1.807, 2.05) is 6.07 Å². The number of carbonyl (C=O) groups excluding carboxylic acids is 2. The van der Waals surface area contributed by atoms with Crippen molar-refractivity contribution in [2.75, 3.05) is 18.1 Å². The summed E-state index contributed by atoms with van der Waals surface area (Å²) in [4.78, 5) is 25.6. The van der Waals surface area contributed by atoms with Gasteiger partial charge in [-0.3, -0.25) is 4.79 Å². The summed E-state index contributed by atoms with van der Waals surface area (Å²) in [7, 11) is 0. The molecule has 2 aromatic rings. The Morgan fingerprint density at radius 3 is 2.46 bits per heavy atom. The van der Waals surface area contributed by atoms with Crippen molar-refractivity contribution in [2.24, 2.45) is 0 Å². The predicted molar refractivity (Wildman–Crippen MR) is 90.7 cm³/mol. The van der Waals surface area contributed by atoms with Gasteiger partial charge in [0, 0.05) is 12.2 Å². The van der Waals surface area contributed by atoms with E-state index < -0.39 is 30.1 Å². The normalized spacial score (nSPS) is 10.1. The lowest BCUT2D eigenvalue weighted by Crippen LogP contribution is -2.35. The minimum absolute atomic E-state index is 0.0869. The highest BCUT2D eigenvalue weighted by atomic mass is 35.5. The van der Waals surface area contributed by atoms with Crippen LogP contribution < -0.4 is 4.90 Å². The first-order chi connectivity index (χ1) is 12.4. The lowest BCUT2D eigenvalue weighted by molar-refractivity contribution is -0.121. The van der Waals surface area contributed by atoms with E-state index in [0.717, 1.165) is 0 Å². The molecule has 0 spiro atoms. The number of ether oxygens (including phenoxy) is 1. The van der Waals surface area contributed by atoms with E-state index in [2.05, 4.69) is 0 Å². The van der Waals surface area contributed by atoms with Gasteiger partial charge in [0.25, 0.3) is 5.91 Å². The quantitative estimate of drug-likeness (QED) is 0.567. The van der Waals surface area contributed by atoms with Gasteiger partial charge in [-0.25, -0.2) is 13.6 Å². The first kappa shape index (κ1) is 19.3. The SMILES string of the molecule is N#CCCN(C(=O)COC(=O)c1cc(F)c(F)cc1Cl)c1ccccc1. The Labute approximate surface area is 153 Å². The van der Waals surface area contributed by atoms with E-state index in [0.29, 0.717) is 17.8 Å². The van der Waals surface area contributed by atoms with Gasteiger partial charge in [0.15, 0.2) is 18.2 Å². The Kier molecular flexibility index (Phi) is 6.64. The summed E-state index contributed by atoms with van der Waals surface area (Å²) in [6.07, 6.45) is 0.0869. The van der Waals surface area contributed by atoms with E-state index in [9.17, 15) is 18.4 Å². The smallest absolute Gasteiger partial charge is 0.340 e. The minimum atomic E-state index is -1.26. The van der Waals surface area contributed by atoms with Gasteiger partial charge in [-0.1, -0.05) is 29.8 Å². The summed E-state index contributed by atoms with van der Waals surface area (Å²) in [5.41, 5.74) is 0.149. The van der Waals surface area contributed by atoms with Gasteiger partial charge in [-0.05, 0) is 24.3 Å². The molecule has 0 saturated carbocycles. The standard InChI is InChI=1S/C18H13ClF2N2O3/c19-14-10-16(21)15(20)9-13(14)18(25)26-11-17(24)23(8-4-7-22)12-5-2-1-3-6-12/h1-3,5-6,9-10H,4,8,11H2. The highest BCUT2D eigenvalue weighted by molar-refractivity contribution is 6.33. The number of rotatable bonds is 6. The average molecular weight is 379 g/mol. The van der Waals surface area contributed by atoms with Gasteiger partial charge in [0.05, 0.1) is 23.1 Å². The van der Waals surface area contributed by atoms with E-state index in [-0.39, 0.29) is 23.6 Å². The predicted octanol–water partition coefficient (Wildman–Crippen LogP) is 3.72. The van der Waals surface area contributed by atoms with Crippen LogP contribution in [0.25, 0.3) is 0 Å². The molecule has 134 valence electrons. The fourth-order valence-corrected chi connectivity index (χ4v) is 2.36. The lowest BCUT2D eigenvalue weighted by atomic mass is 10.2. The van der Waals surface area contributed by atoms with Crippen LogP contribution >= 0.6 is 11.6 Å². The van der Waals surface area contributed by atoms with Crippen LogP contribution in [0.2, 0.25) is 5.02 Å². The Morgan fingerprint density at radius 1 is 1.15 bits per heavy atom. The molecule has 0 saturated heterocycles. The van der Waals surface area contributed by atoms with Gasteiger partial charge in [-0.2, -0.15) is 5.26 Å². The van der Waals surface area contributed by atoms with Crippen molar-refractivity contribution in [3.63, 3.8) is 0 Å². The van der Waals surface area contributed by atoms with E-state index in [4.69, 9.17) is 21.6 Å². The average Bonchev–Trinajstić information content (AvgIpc) is 2.64. The molecule has 0 aromatic heterocycles.